The molecule has 0 aromatic carbocycles. The third-order valence-corrected chi connectivity index (χ3v) is 0. The molecule has 0 rings (SSSR count). The van der Waals surface area contributed by atoms with Crippen molar-refractivity contribution in [2.45, 2.75) is 0 Å². The minimum atomic E-state index is 0. The fourth-order valence-electron chi connectivity index (χ4n) is 0. The molecular formula is CCeCoO. The van der Waals surface area contributed by atoms with Crippen molar-refractivity contribution < 1.29 is 61.3 Å². The van der Waals surface area contributed by atoms with Crippen molar-refractivity contribution in [3.8, 4) is 0 Å². The Bertz CT molecular complexity index is 8.00. The predicted molar refractivity (Wildman–Crippen MR) is 3.93 cm³/mol. The first kappa shape index (κ1) is 17.3. The van der Waals surface area contributed by atoms with Crippen LogP contribution in [0.25, 0.3) is 0 Å². The topological polar surface area (TPSA) is 17.1 Å². The maximum absolute atomic E-state index is 7.94. The first-order chi connectivity index (χ1) is 1.00. The molecule has 0 fully saturated rings. The van der Waals surface area contributed by atoms with Crippen LogP contribution in [0.5, 0.6) is 0 Å². The Morgan fingerprint density at radius 1 is 1.25 bits per heavy atom. The van der Waals surface area contributed by atoms with Crippen molar-refractivity contribution in [2.75, 3.05) is 0 Å². The van der Waals surface area contributed by atoms with E-state index in [1.165, 1.54) is 0 Å². The van der Waals surface area contributed by atoms with E-state index in [2.05, 4.69) is 15.7 Å². The summed E-state index contributed by atoms with van der Waals surface area (Å²) in [5.41, 5.74) is 0. The third kappa shape index (κ3) is 9.36. The summed E-state index contributed by atoms with van der Waals surface area (Å²) in [5, 5.41) is 0. The molecule has 0 saturated heterocycles. The fourth-order valence-corrected chi connectivity index (χ4v) is 0. The quantitative estimate of drug-likeness (QED) is 0.567. The Balaban J connectivity index is -0.00000000500. The van der Waals surface area contributed by atoms with Crippen LogP contribution in [0.3, 0.4) is 0 Å². The number of hydrogen-bond acceptors (Lipinski definition) is 1. The molecule has 0 amide bonds. The van der Waals surface area contributed by atoms with Crippen molar-refractivity contribution in [1.29, 1.82) is 0 Å². The zero-order chi connectivity index (χ0) is 2.00. The van der Waals surface area contributed by atoms with Gasteiger partial charge in [0.2, 0.25) is 0 Å². The molecule has 0 bridgehead atoms. The van der Waals surface area contributed by atoms with Gasteiger partial charge >= 0.3 is 19.5 Å². The standard InChI is InChI=1S/C.Ce.Co.O. The predicted octanol–water partition coefficient (Wildman–Crippen LogP) is -0.0400. The van der Waals surface area contributed by atoms with Crippen LogP contribution in [0.15, 0.2) is 0 Å². The van der Waals surface area contributed by atoms with Gasteiger partial charge in [-0.25, -0.2) is 0 Å². The van der Waals surface area contributed by atoms with Gasteiger partial charge in [0.25, 0.3) is 0 Å². The van der Waals surface area contributed by atoms with Gasteiger partial charge < -0.3 is 0 Å². The summed E-state index contributed by atoms with van der Waals surface area (Å²) in [5.74, 6) is 0. The fraction of sp³-hybridized carbons (Fsp3) is 0. The van der Waals surface area contributed by atoms with E-state index in [1.54, 1.807) is 0 Å². The van der Waals surface area contributed by atoms with Crippen molar-refractivity contribution in [2.24, 2.45) is 0 Å². The van der Waals surface area contributed by atoms with Gasteiger partial charge in [-0.1, -0.05) is 0 Å². The third-order valence-electron chi connectivity index (χ3n) is 0. The van der Waals surface area contributed by atoms with E-state index in [0.29, 0.717) is 0 Å². The Kier molecular flexibility index (Phi) is 97.1. The van der Waals surface area contributed by atoms with Gasteiger partial charge in [-0.3, -0.25) is 0 Å². The van der Waals surface area contributed by atoms with E-state index in [1.807, 2.05) is 0 Å². The SMILES string of the molecule is [C].[Ce].[O]=[Co]. The molecule has 3 heteroatoms. The summed E-state index contributed by atoms with van der Waals surface area (Å²) in [4.78, 5) is 0. The summed E-state index contributed by atoms with van der Waals surface area (Å²) in [6.45, 7) is 0. The van der Waals surface area contributed by atoms with Crippen LogP contribution in [-0.4, -0.2) is 0 Å². The molecule has 0 aliphatic heterocycles. The Morgan fingerprint density at radius 3 is 1.25 bits per heavy atom. The van der Waals surface area contributed by atoms with Gasteiger partial charge in [-0.05, 0) is 0 Å². The summed E-state index contributed by atoms with van der Waals surface area (Å²) in [7, 11) is 0. The van der Waals surface area contributed by atoms with Gasteiger partial charge in [0.15, 0.2) is 0 Å². The second kappa shape index (κ2) is 22.4. The van der Waals surface area contributed by atoms with Crippen molar-refractivity contribution in [3.63, 3.8) is 0 Å². The molecule has 0 spiro atoms. The van der Waals surface area contributed by atoms with Crippen LogP contribution in [0, 0.1) is 49.2 Å². The van der Waals surface area contributed by atoms with E-state index in [0.717, 1.165) is 0 Å². The van der Waals surface area contributed by atoms with Gasteiger partial charge in [-0.2, -0.15) is 0 Å². The van der Waals surface area contributed by atoms with Crippen LogP contribution in [0.2, 0.25) is 0 Å². The second-order valence-corrected chi connectivity index (χ2v) is 0. The molecule has 0 atom stereocenters. The Labute approximate surface area is 67.7 Å². The summed E-state index contributed by atoms with van der Waals surface area (Å²) in [6, 6.07) is 0. The Morgan fingerprint density at radius 2 is 1.25 bits per heavy atom. The summed E-state index contributed by atoms with van der Waals surface area (Å²) < 4.78 is 7.94. The van der Waals surface area contributed by atoms with Crippen LogP contribution in [0.4, 0.5) is 0 Å². The van der Waals surface area contributed by atoms with E-state index < -0.39 is 0 Å². The second-order valence-electron chi connectivity index (χ2n) is 0. The normalized spacial score (nSPS) is 1.25. The average Bonchev–Trinajstić information content (AvgIpc) is 1.00. The van der Waals surface area contributed by atoms with E-state index in [4.69, 9.17) is 3.87 Å². The van der Waals surface area contributed by atoms with Crippen molar-refractivity contribution in [3.05, 3.63) is 7.43 Å². The first-order valence-corrected chi connectivity index (χ1v) is 0.561. The number of rotatable bonds is 0. The van der Waals surface area contributed by atoms with Gasteiger partial charge in [0.05, 0.1) is 0 Å². The number of hydrogen-bond donors (Lipinski definition) is 0. The summed E-state index contributed by atoms with van der Waals surface area (Å²) >= 11 is 2.31. The monoisotopic (exact) mass is 227 g/mol. The van der Waals surface area contributed by atoms with Gasteiger partial charge in [0, 0.05) is 49.2 Å². The van der Waals surface area contributed by atoms with Crippen LogP contribution >= 0.6 is 0 Å². The minimum absolute atomic E-state index is 0. The molecule has 0 N–H and O–H groups in total. The van der Waals surface area contributed by atoms with E-state index in [9.17, 15) is 0 Å². The van der Waals surface area contributed by atoms with E-state index in [-0.39, 0.29) is 49.2 Å². The molecule has 0 saturated carbocycles. The van der Waals surface area contributed by atoms with Crippen molar-refractivity contribution >= 4 is 0 Å². The zero-order valence-corrected chi connectivity index (χ0v) is 5.92. The molecular weight excluding hydrogens is 227 g/mol. The van der Waals surface area contributed by atoms with Crippen LogP contribution < -0.4 is 0 Å². The maximum atomic E-state index is 7.94. The summed E-state index contributed by atoms with van der Waals surface area (Å²) in [6.07, 6.45) is 0. The molecule has 0 heterocycles. The first-order valence-electron chi connectivity index (χ1n) is 0.136. The van der Waals surface area contributed by atoms with E-state index >= 15 is 0 Å². The molecule has 0 unspecified atom stereocenters. The van der Waals surface area contributed by atoms with Gasteiger partial charge in [0.1, 0.15) is 0 Å². The molecule has 1 nitrogen and oxygen atoms in total. The van der Waals surface area contributed by atoms with Crippen LogP contribution in [0.1, 0.15) is 0 Å². The van der Waals surface area contributed by atoms with Crippen molar-refractivity contribution in [1.82, 2.24) is 0 Å². The molecule has 0 aromatic heterocycles. The van der Waals surface area contributed by atoms with Crippen LogP contribution in [-0.2, 0) is 19.5 Å². The molecule has 0 aromatic rings. The Hall–Kier alpha value is 1.68. The molecule has 4 radical (unpaired) electrons. The van der Waals surface area contributed by atoms with Gasteiger partial charge in [-0.15, -0.1) is 0 Å². The average molecular weight is 227 g/mol. The zero-order valence-electron chi connectivity index (χ0n) is 1.74. The molecule has 23 valence electrons. The molecule has 0 aliphatic rings. The molecule has 4 heavy (non-hydrogen) atoms. The molecule has 0 aliphatic carbocycles.